The topological polar surface area (TPSA) is 37.8 Å². The molecule has 2 aromatic carbocycles. The lowest BCUT2D eigenvalue weighted by Gasteiger charge is -2.19. The van der Waals surface area contributed by atoms with E-state index in [1.165, 1.54) is 11.1 Å². The predicted molar refractivity (Wildman–Crippen MR) is 80.4 cm³/mol. The fourth-order valence-corrected chi connectivity index (χ4v) is 2.15. The van der Waals surface area contributed by atoms with E-state index in [2.05, 4.69) is 39.6 Å². The number of nitrogens with zero attached hydrogens (tertiary/aromatic N) is 2. The van der Waals surface area contributed by atoms with Gasteiger partial charge in [-0.25, -0.2) is 9.97 Å². The third-order valence-corrected chi connectivity index (χ3v) is 3.11. The van der Waals surface area contributed by atoms with Gasteiger partial charge in [0.15, 0.2) is 0 Å². The summed E-state index contributed by atoms with van der Waals surface area (Å²) in [5.74, 6) is 0.630. The summed E-state index contributed by atoms with van der Waals surface area (Å²) in [6, 6.07) is 22.5. The normalized spacial score (nSPS) is 10.4. The van der Waals surface area contributed by atoms with Gasteiger partial charge in [0.2, 0.25) is 5.95 Å². The summed E-state index contributed by atoms with van der Waals surface area (Å²) >= 11 is 0. The molecule has 0 unspecified atom stereocenters. The number of hydrogen-bond acceptors (Lipinski definition) is 3. The fourth-order valence-electron chi connectivity index (χ4n) is 2.15. The summed E-state index contributed by atoms with van der Waals surface area (Å²) in [5.41, 5.74) is 2.37. The van der Waals surface area contributed by atoms with Gasteiger partial charge in [-0.1, -0.05) is 60.7 Å². The van der Waals surface area contributed by atoms with Gasteiger partial charge in [0.25, 0.3) is 0 Å². The molecule has 1 N–H and O–H groups in total. The van der Waals surface area contributed by atoms with E-state index >= 15 is 0 Å². The van der Waals surface area contributed by atoms with Crippen LogP contribution in [0.2, 0.25) is 0 Å². The molecule has 3 heteroatoms. The minimum Gasteiger partial charge on any atom is -0.343 e. The summed E-state index contributed by atoms with van der Waals surface area (Å²) in [7, 11) is 0. The van der Waals surface area contributed by atoms with Crippen molar-refractivity contribution >= 4 is 5.95 Å². The zero-order valence-corrected chi connectivity index (χ0v) is 11.0. The summed E-state index contributed by atoms with van der Waals surface area (Å²) in [6.07, 6.45) is 3.48. The molecule has 0 fully saturated rings. The van der Waals surface area contributed by atoms with Gasteiger partial charge in [-0.3, -0.25) is 0 Å². The van der Waals surface area contributed by atoms with Crippen molar-refractivity contribution in [2.24, 2.45) is 0 Å². The minimum atomic E-state index is 0.0415. The Labute approximate surface area is 118 Å². The smallest absolute Gasteiger partial charge is 0.223 e. The van der Waals surface area contributed by atoms with Crippen LogP contribution in [0.15, 0.2) is 79.1 Å². The Hall–Kier alpha value is -2.68. The number of benzene rings is 2. The van der Waals surface area contributed by atoms with Gasteiger partial charge in [0.05, 0.1) is 6.04 Å². The van der Waals surface area contributed by atoms with Crippen LogP contribution in [-0.4, -0.2) is 9.97 Å². The molecular weight excluding hydrogens is 246 g/mol. The molecule has 3 aromatic rings. The van der Waals surface area contributed by atoms with Gasteiger partial charge >= 0.3 is 0 Å². The molecule has 3 nitrogen and oxygen atoms in total. The summed E-state index contributed by atoms with van der Waals surface area (Å²) in [4.78, 5) is 8.49. The third kappa shape index (κ3) is 2.83. The first-order valence-corrected chi connectivity index (χ1v) is 6.57. The van der Waals surface area contributed by atoms with Crippen molar-refractivity contribution in [1.82, 2.24) is 9.97 Å². The molecule has 0 saturated carbocycles. The van der Waals surface area contributed by atoms with Crippen molar-refractivity contribution < 1.29 is 0 Å². The maximum absolute atomic E-state index is 4.25. The number of hydrogen-bond donors (Lipinski definition) is 1. The highest BCUT2D eigenvalue weighted by atomic mass is 15.1. The van der Waals surface area contributed by atoms with Gasteiger partial charge in [-0.05, 0) is 17.2 Å². The largest absolute Gasteiger partial charge is 0.343 e. The highest BCUT2D eigenvalue weighted by molar-refractivity contribution is 5.40. The average molecular weight is 261 g/mol. The first kappa shape index (κ1) is 12.4. The van der Waals surface area contributed by atoms with Gasteiger partial charge < -0.3 is 5.32 Å². The van der Waals surface area contributed by atoms with Crippen LogP contribution in [0.3, 0.4) is 0 Å². The third-order valence-electron chi connectivity index (χ3n) is 3.11. The van der Waals surface area contributed by atoms with Crippen molar-refractivity contribution in [3.8, 4) is 0 Å². The van der Waals surface area contributed by atoms with Crippen molar-refractivity contribution in [2.45, 2.75) is 6.04 Å². The lowest BCUT2D eigenvalue weighted by molar-refractivity contribution is 0.908. The fraction of sp³-hybridized carbons (Fsp3) is 0.0588. The van der Waals surface area contributed by atoms with Gasteiger partial charge in [0, 0.05) is 12.4 Å². The first-order valence-electron chi connectivity index (χ1n) is 6.57. The zero-order chi connectivity index (χ0) is 13.6. The Balaban J connectivity index is 1.96. The molecular formula is C17H15N3. The van der Waals surface area contributed by atoms with Crippen LogP contribution in [0.4, 0.5) is 5.95 Å². The maximum Gasteiger partial charge on any atom is 0.223 e. The summed E-state index contributed by atoms with van der Waals surface area (Å²) < 4.78 is 0. The van der Waals surface area contributed by atoms with Crippen LogP contribution < -0.4 is 5.32 Å². The van der Waals surface area contributed by atoms with E-state index in [0.29, 0.717) is 5.95 Å². The Morgan fingerprint density at radius 2 is 1.15 bits per heavy atom. The van der Waals surface area contributed by atoms with Crippen molar-refractivity contribution in [2.75, 3.05) is 5.32 Å². The van der Waals surface area contributed by atoms with Gasteiger partial charge in [-0.15, -0.1) is 0 Å². The number of rotatable bonds is 4. The lowest BCUT2D eigenvalue weighted by Crippen LogP contribution is -2.14. The second kappa shape index (κ2) is 5.97. The number of aromatic nitrogens is 2. The predicted octanol–water partition coefficient (Wildman–Crippen LogP) is 3.68. The van der Waals surface area contributed by atoms with Crippen LogP contribution in [0, 0.1) is 0 Å². The highest BCUT2D eigenvalue weighted by Crippen LogP contribution is 2.24. The van der Waals surface area contributed by atoms with E-state index in [0.717, 1.165) is 0 Å². The monoisotopic (exact) mass is 261 g/mol. The summed E-state index contributed by atoms with van der Waals surface area (Å²) in [6.45, 7) is 0. The molecule has 0 amide bonds. The van der Waals surface area contributed by atoms with E-state index < -0.39 is 0 Å². The second-order valence-electron chi connectivity index (χ2n) is 4.47. The molecule has 0 bridgehead atoms. The van der Waals surface area contributed by atoms with Crippen molar-refractivity contribution in [1.29, 1.82) is 0 Å². The van der Waals surface area contributed by atoms with E-state index in [4.69, 9.17) is 0 Å². The van der Waals surface area contributed by atoms with Gasteiger partial charge in [-0.2, -0.15) is 0 Å². The van der Waals surface area contributed by atoms with Crippen LogP contribution in [0.1, 0.15) is 17.2 Å². The van der Waals surface area contributed by atoms with E-state index in [1.807, 2.05) is 42.5 Å². The Kier molecular flexibility index (Phi) is 3.69. The lowest BCUT2D eigenvalue weighted by atomic mass is 9.99. The highest BCUT2D eigenvalue weighted by Gasteiger charge is 2.14. The molecule has 20 heavy (non-hydrogen) atoms. The van der Waals surface area contributed by atoms with Crippen LogP contribution in [0.25, 0.3) is 0 Å². The van der Waals surface area contributed by atoms with E-state index in [-0.39, 0.29) is 6.04 Å². The van der Waals surface area contributed by atoms with Crippen molar-refractivity contribution in [3.05, 3.63) is 90.3 Å². The minimum absolute atomic E-state index is 0.0415. The molecule has 1 aromatic heterocycles. The Bertz CT molecular complexity index is 599. The molecule has 0 aliphatic rings. The number of anilines is 1. The second-order valence-corrected chi connectivity index (χ2v) is 4.47. The first-order chi connectivity index (χ1) is 9.93. The quantitative estimate of drug-likeness (QED) is 0.778. The van der Waals surface area contributed by atoms with Crippen LogP contribution >= 0.6 is 0 Å². The summed E-state index contributed by atoms with van der Waals surface area (Å²) in [5, 5.41) is 3.39. The zero-order valence-electron chi connectivity index (χ0n) is 11.0. The average Bonchev–Trinajstić information content (AvgIpc) is 2.55. The number of nitrogens with one attached hydrogen (secondary N) is 1. The van der Waals surface area contributed by atoms with Gasteiger partial charge in [0.1, 0.15) is 0 Å². The van der Waals surface area contributed by atoms with Crippen LogP contribution in [0.5, 0.6) is 0 Å². The Morgan fingerprint density at radius 3 is 1.65 bits per heavy atom. The van der Waals surface area contributed by atoms with Crippen LogP contribution in [-0.2, 0) is 0 Å². The molecule has 0 aliphatic heterocycles. The van der Waals surface area contributed by atoms with E-state index in [9.17, 15) is 0 Å². The molecule has 98 valence electrons. The molecule has 0 radical (unpaired) electrons. The van der Waals surface area contributed by atoms with E-state index in [1.54, 1.807) is 12.4 Å². The molecule has 0 aliphatic carbocycles. The molecule has 1 heterocycles. The maximum atomic E-state index is 4.25. The Morgan fingerprint density at radius 1 is 0.650 bits per heavy atom. The SMILES string of the molecule is c1ccc(C(Nc2ncccn2)c2ccccc2)cc1. The molecule has 0 spiro atoms. The molecule has 3 rings (SSSR count). The van der Waals surface area contributed by atoms with Crippen molar-refractivity contribution in [3.63, 3.8) is 0 Å². The molecule has 0 atom stereocenters. The standard InChI is InChI=1S/C17H15N3/c1-3-8-14(9-4-1)16(15-10-5-2-6-11-15)20-17-18-12-7-13-19-17/h1-13,16H,(H,18,19,20). The molecule has 0 saturated heterocycles.